The van der Waals surface area contributed by atoms with Gasteiger partial charge in [0.15, 0.2) is 11.5 Å². The van der Waals surface area contributed by atoms with E-state index >= 15 is 0 Å². The standard InChI is InChI=1S/C26H26N2O4/c1-16-5-6-17(2)19(11-16)15-32-20-8-9-21(23(29)13-20)26-22(14-27-28-26)18-7-10-24(30-3)25(12-18)31-4/h5-14,29H,15H2,1-4H3,(H,27,28). The summed E-state index contributed by atoms with van der Waals surface area (Å²) in [5, 5.41) is 17.9. The Morgan fingerprint density at radius 2 is 1.69 bits per heavy atom. The third kappa shape index (κ3) is 4.25. The second-order valence-corrected chi connectivity index (χ2v) is 7.63. The van der Waals surface area contributed by atoms with Crippen LogP contribution in [0.2, 0.25) is 0 Å². The van der Waals surface area contributed by atoms with Crippen LogP contribution >= 0.6 is 0 Å². The second-order valence-electron chi connectivity index (χ2n) is 7.63. The lowest BCUT2D eigenvalue weighted by Gasteiger charge is -2.12. The number of aryl methyl sites for hydroxylation is 2. The van der Waals surface area contributed by atoms with E-state index in [1.54, 1.807) is 26.5 Å². The van der Waals surface area contributed by atoms with Gasteiger partial charge in [0.25, 0.3) is 0 Å². The molecule has 6 nitrogen and oxygen atoms in total. The van der Waals surface area contributed by atoms with Gasteiger partial charge in [0.05, 0.1) is 26.1 Å². The smallest absolute Gasteiger partial charge is 0.161 e. The molecule has 0 spiro atoms. The van der Waals surface area contributed by atoms with Crippen molar-refractivity contribution < 1.29 is 19.3 Å². The van der Waals surface area contributed by atoms with Crippen LogP contribution in [0, 0.1) is 13.8 Å². The van der Waals surface area contributed by atoms with Gasteiger partial charge in [-0.05, 0) is 54.8 Å². The molecule has 6 heteroatoms. The third-order valence-corrected chi connectivity index (χ3v) is 5.47. The number of ether oxygens (including phenoxy) is 3. The molecule has 0 saturated heterocycles. The fourth-order valence-corrected chi connectivity index (χ4v) is 3.64. The molecule has 1 aromatic heterocycles. The highest BCUT2D eigenvalue weighted by molar-refractivity contribution is 5.84. The van der Waals surface area contributed by atoms with Crippen molar-refractivity contribution in [1.82, 2.24) is 10.2 Å². The van der Waals surface area contributed by atoms with Crippen molar-refractivity contribution in [3.8, 4) is 45.4 Å². The number of H-pyrrole nitrogens is 1. The lowest BCUT2D eigenvalue weighted by atomic mass is 10.0. The van der Waals surface area contributed by atoms with Gasteiger partial charge in [0.1, 0.15) is 18.1 Å². The first-order valence-corrected chi connectivity index (χ1v) is 10.3. The Hall–Kier alpha value is -3.93. The Morgan fingerprint density at radius 1 is 0.875 bits per heavy atom. The lowest BCUT2D eigenvalue weighted by Crippen LogP contribution is -1.98. The highest BCUT2D eigenvalue weighted by Crippen LogP contribution is 2.39. The van der Waals surface area contributed by atoms with Crippen molar-refractivity contribution in [1.29, 1.82) is 0 Å². The van der Waals surface area contributed by atoms with Gasteiger partial charge in [-0.1, -0.05) is 29.8 Å². The number of hydrogen-bond acceptors (Lipinski definition) is 5. The zero-order valence-electron chi connectivity index (χ0n) is 18.6. The molecule has 32 heavy (non-hydrogen) atoms. The third-order valence-electron chi connectivity index (χ3n) is 5.47. The number of nitrogens with zero attached hydrogens (tertiary/aromatic N) is 1. The van der Waals surface area contributed by atoms with Crippen LogP contribution in [0.3, 0.4) is 0 Å². The zero-order valence-corrected chi connectivity index (χ0v) is 18.6. The van der Waals surface area contributed by atoms with Crippen molar-refractivity contribution in [3.63, 3.8) is 0 Å². The summed E-state index contributed by atoms with van der Waals surface area (Å²) in [5.41, 5.74) is 6.55. The molecule has 0 fully saturated rings. The van der Waals surface area contributed by atoms with E-state index in [4.69, 9.17) is 14.2 Å². The van der Waals surface area contributed by atoms with Gasteiger partial charge in [0, 0.05) is 17.2 Å². The molecule has 164 valence electrons. The molecule has 0 unspecified atom stereocenters. The average Bonchev–Trinajstić information content (AvgIpc) is 3.28. The van der Waals surface area contributed by atoms with Crippen molar-refractivity contribution >= 4 is 0 Å². The molecule has 0 saturated carbocycles. The van der Waals surface area contributed by atoms with Gasteiger partial charge >= 0.3 is 0 Å². The van der Waals surface area contributed by atoms with Crippen LogP contribution in [0.25, 0.3) is 22.4 Å². The summed E-state index contributed by atoms with van der Waals surface area (Å²) in [4.78, 5) is 0. The van der Waals surface area contributed by atoms with Gasteiger partial charge in [-0.3, -0.25) is 5.10 Å². The Bertz CT molecular complexity index is 1250. The highest BCUT2D eigenvalue weighted by Gasteiger charge is 2.16. The molecule has 4 rings (SSSR count). The zero-order chi connectivity index (χ0) is 22.7. The second kappa shape index (κ2) is 9.06. The molecule has 0 amide bonds. The van der Waals surface area contributed by atoms with Crippen molar-refractivity contribution in [2.75, 3.05) is 14.2 Å². The molecular weight excluding hydrogens is 404 g/mol. The van der Waals surface area contributed by atoms with Gasteiger partial charge < -0.3 is 19.3 Å². The number of methoxy groups -OCH3 is 2. The minimum absolute atomic E-state index is 0.106. The fourth-order valence-electron chi connectivity index (χ4n) is 3.64. The number of rotatable bonds is 7. The lowest BCUT2D eigenvalue weighted by molar-refractivity contribution is 0.303. The van der Waals surface area contributed by atoms with E-state index in [0.717, 1.165) is 16.7 Å². The molecule has 0 atom stereocenters. The average molecular weight is 431 g/mol. The Kier molecular flexibility index (Phi) is 6.03. The van der Waals surface area contributed by atoms with Crippen LogP contribution in [-0.4, -0.2) is 29.5 Å². The highest BCUT2D eigenvalue weighted by atomic mass is 16.5. The van der Waals surface area contributed by atoms with E-state index < -0.39 is 0 Å². The van der Waals surface area contributed by atoms with Gasteiger partial charge in [0.2, 0.25) is 0 Å². The SMILES string of the molecule is COc1ccc(-c2cn[nH]c2-c2ccc(OCc3cc(C)ccc3C)cc2O)cc1OC. The fraction of sp³-hybridized carbons (Fsp3) is 0.192. The Balaban J connectivity index is 1.60. The number of benzene rings is 3. The van der Waals surface area contributed by atoms with E-state index in [1.165, 1.54) is 11.1 Å². The summed E-state index contributed by atoms with van der Waals surface area (Å²) >= 11 is 0. The van der Waals surface area contributed by atoms with Crippen molar-refractivity contribution in [3.05, 3.63) is 77.5 Å². The normalized spacial score (nSPS) is 10.8. The number of phenolic OH excluding ortho intramolecular Hbond substituents is 1. The summed E-state index contributed by atoms with van der Waals surface area (Å²) in [6.45, 7) is 4.56. The molecule has 3 aromatic carbocycles. The van der Waals surface area contributed by atoms with Gasteiger partial charge in [-0.15, -0.1) is 0 Å². The first-order chi connectivity index (χ1) is 15.5. The molecule has 0 aliphatic rings. The van der Waals surface area contributed by atoms with Crippen LogP contribution < -0.4 is 14.2 Å². The molecule has 0 aliphatic heterocycles. The minimum Gasteiger partial charge on any atom is -0.507 e. The summed E-state index contributed by atoms with van der Waals surface area (Å²) in [6.07, 6.45) is 1.72. The molecule has 1 heterocycles. The maximum Gasteiger partial charge on any atom is 0.161 e. The topological polar surface area (TPSA) is 76.6 Å². The van der Waals surface area contributed by atoms with Crippen LogP contribution in [0.4, 0.5) is 0 Å². The summed E-state index contributed by atoms with van der Waals surface area (Å²) in [5.74, 6) is 1.97. The van der Waals surface area contributed by atoms with Crippen LogP contribution in [0.1, 0.15) is 16.7 Å². The van der Waals surface area contributed by atoms with E-state index in [-0.39, 0.29) is 5.75 Å². The monoisotopic (exact) mass is 430 g/mol. The summed E-state index contributed by atoms with van der Waals surface area (Å²) in [7, 11) is 3.20. The molecule has 0 aliphatic carbocycles. The Morgan fingerprint density at radius 3 is 2.44 bits per heavy atom. The number of phenols is 1. The number of nitrogens with one attached hydrogen (secondary N) is 1. The first-order valence-electron chi connectivity index (χ1n) is 10.3. The summed E-state index contributed by atoms with van der Waals surface area (Å²) in [6, 6.07) is 17.2. The minimum atomic E-state index is 0.106. The van der Waals surface area contributed by atoms with E-state index in [1.807, 2.05) is 30.3 Å². The van der Waals surface area contributed by atoms with Crippen LogP contribution in [0.15, 0.2) is 60.8 Å². The van der Waals surface area contributed by atoms with Crippen LogP contribution in [-0.2, 0) is 6.61 Å². The number of aromatic nitrogens is 2. The van der Waals surface area contributed by atoms with Crippen molar-refractivity contribution in [2.24, 2.45) is 0 Å². The van der Waals surface area contributed by atoms with E-state index in [9.17, 15) is 5.11 Å². The summed E-state index contributed by atoms with van der Waals surface area (Å²) < 4.78 is 16.7. The molecule has 4 aromatic rings. The van der Waals surface area contributed by atoms with Gasteiger partial charge in [-0.2, -0.15) is 5.10 Å². The molecule has 0 radical (unpaired) electrons. The van der Waals surface area contributed by atoms with E-state index in [2.05, 4.69) is 42.2 Å². The number of aromatic amines is 1. The number of aromatic hydroxyl groups is 1. The quantitative estimate of drug-likeness (QED) is 0.395. The Labute approximate surface area is 187 Å². The predicted molar refractivity (Wildman–Crippen MR) is 124 cm³/mol. The molecular formula is C26H26N2O4. The first kappa shape index (κ1) is 21.3. The maximum absolute atomic E-state index is 10.7. The van der Waals surface area contributed by atoms with E-state index in [0.29, 0.717) is 35.1 Å². The van der Waals surface area contributed by atoms with Gasteiger partial charge in [-0.25, -0.2) is 0 Å². The predicted octanol–water partition coefficient (Wildman–Crippen LogP) is 5.66. The van der Waals surface area contributed by atoms with Crippen molar-refractivity contribution in [2.45, 2.75) is 20.5 Å². The largest absolute Gasteiger partial charge is 0.507 e. The molecule has 0 bridgehead atoms. The molecule has 2 N–H and O–H groups in total. The number of hydrogen-bond donors (Lipinski definition) is 2. The van der Waals surface area contributed by atoms with Crippen LogP contribution in [0.5, 0.6) is 23.0 Å². The maximum atomic E-state index is 10.7.